The van der Waals surface area contributed by atoms with Crippen molar-refractivity contribution in [2.45, 2.75) is 19.6 Å². The van der Waals surface area contributed by atoms with Crippen LogP contribution in [0.15, 0.2) is 16.8 Å². The van der Waals surface area contributed by atoms with Crippen LogP contribution in [0.2, 0.25) is 19.6 Å². The molecule has 0 unspecified atom stereocenters. The van der Waals surface area contributed by atoms with Gasteiger partial charge in [-0.2, -0.15) is 0 Å². The smallest absolute Gasteiger partial charge is 0.240 e. The molecule has 1 amide bonds. The van der Waals surface area contributed by atoms with Crippen LogP contribution < -0.4 is 16.0 Å². The monoisotopic (exact) mass is 391 g/mol. The topological polar surface area (TPSA) is 83.3 Å². The number of carbonyl (C=O) groups excluding carboxylic acids is 1. The number of piperazine rings is 1. The number of hydrogen-bond donors (Lipinski definition) is 2. The van der Waals surface area contributed by atoms with Crippen molar-refractivity contribution in [1.29, 1.82) is 0 Å². The van der Waals surface area contributed by atoms with Gasteiger partial charge in [-0.15, -0.1) is 0 Å². The van der Waals surface area contributed by atoms with Crippen molar-refractivity contribution in [3.63, 3.8) is 0 Å². The molecule has 0 saturated carbocycles. The second-order valence-corrected chi connectivity index (χ2v) is 13.3. The predicted octanol–water partition coefficient (Wildman–Crippen LogP) is 1.69. The Bertz CT molecular complexity index is 774. The van der Waals surface area contributed by atoms with Crippen LogP contribution in [0.25, 0.3) is 12.2 Å². The van der Waals surface area contributed by atoms with Crippen LogP contribution in [0.4, 0.5) is 5.13 Å². The number of thiazole rings is 1. The zero-order valence-corrected chi connectivity index (χ0v) is 17.2. The van der Waals surface area contributed by atoms with Crippen LogP contribution in [0, 0.1) is 0 Å². The van der Waals surface area contributed by atoms with Crippen molar-refractivity contribution < 1.29 is 9.21 Å². The number of oxazole rings is 1. The van der Waals surface area contributed by atoms with Gasteiger partial charge in [0.2, 0.25) is 11.8 Å². The minimum atomic E-state index is -1.48. The van der Waals surface area contributed by atoms with Crippen LogP contribution >= 0.6 is 11.3 Å². The fourth-order valence-electron chi connectivity index (χ4n) is 2.52. The summed E-state index contributed by atoms with van der Waals surface area (Å²) in [6, 6.07) is 0. The molecule has 9 heteroatoms. The van der Waals surface area contributed by atoms with Gasteiger partial charge in [-0.3, -0.25) is 9.69 Å². The van der Waals surface area contributed by atoms with Gasteiger partial charge in [0, 0.05) is 43.3 Å². The lowest BCUT2D eigenvalue weighted by Gasteiger charge is -2.26. The number of amides is 1. The normalized spacial score (nSPS) is 16.3. The number of rotatable bonds is 6. The predicted molar refractivity (Wildman–Crippen MR) is 108 cm³/mol. The molecule has 1 aliphatic rings. The molecular weight excluding hydrogens is 366 g/mol. The summed E-state index contributed by atoms with van der Waals surface area (Å²) in [5.74, 6) is 0.573. The van der Waals surface area contributed by atoms with Crippen molar-refractivity contribution >= 4 is 48.0 Å². The van der Waals surface area contributed by atoms with E-state index in [0.29, 0.717) is 17.6 Å². The zero-order valence-electron chi connectivity index (χ0n) is 15.4. The van der Waals surface area contributed by atoms with E-state index in [0.717, 1.165) is 36.4 Å². The lowest BCUT2D eigenvalue weighted by atomic mass is 10.3. The molecule has 1 aliphatic heterocycles. The Kier molecular flexibility index (Phi) is 6.02. The third-order valence-electron chi connectivity index (χ3n) is 4.00. The van der Waals surface area contributed by atoms with E-state index in [1.165, 1.54) is 11.3 Å². The van der Waals surface area contributed by atoms with Gasteiger partial charge in [-0.25, -0.2) is 9.97 Å². The Morgan fingerprint density at radius 3 is 2.77 bits per heavy atom. The molecule has 0 bridgehead atoms. The van der Waals surface area contributed by atoms with Crippen molar-refractivity contribution in [2.75, 3.05) is 38.0 Å². The molecule has 0 aromatic carbocycles. The van der Waals surface area contributed by atoms with E-state index in [9.17, 15) is 4.79 Å². The van der Waals surface area contributed by atoms with Gasteiger partial charge in [0.05, 0.1) is 12.7 Å². The Balaban J connectivity index is 1.54. The molecule has 3 heterocycles. The maximum absolute atomic E-state index is 12.1. The minimum Gasteiger partial charge on any atom is -0.447 e. The first kappa shape index (κ1) is 19.0. The summed E-state index contributed by atoms with van der Waals surface area (Å²) in [5, 5.41) is 7.75. The molecule has 0 aliphatic carbocycles. The Hall–Kier alpha value is -1.81. The molecule has 0 spiro atoms. The van der Waals surface area contributed by atoms with E-state index in [2.05, 4.69) is 45.1 Å². The molecular formula is C17H25N5O2SSi. The van der Waals surface area contributed by atoms with E-state index in [1.54, 1.807) is 6.20 Å². The van der Waals surface area contributed by atoms with Crippen molar-refractivity contribution in [1.82, 2.24) is 20.2 Å². The average molecular weight is 392 g/mol. The second kappa shape index (κ2) is 8.25. The highest BCUT2D eigenvalue weighted by Crippen LogP contribution is 2.20. The summed E-state index contributed by atoms with van der Waals surface area (Å²) < 4.78 is 5.79. The average Bonchev–Trinajstić information content (AvgIpc) is 3.22. The summed E-state index contributed by atoms with van der Waals surface area (Å²) in [5.41, 5.74) is 0. The van der Waals surface area contributed by atoms with Gasteiger partial charge in [0.1, 0.15) is 13.5 Å². The van der Waals surface area contributed by atoms with Gasteiger partial charge in [-0.1, -0.05) is 31.0 Å². The first-order valence-corrected chi connectivity index (χ1v) is 13.0. The molecule has 7 nitrogen and oxygen atoms in total. The molecule has 0 atom stereocenters. The second-order valence-electron chi connectivity index (χ2n) is 7.29. The van der Waals surface area contributed by atoms with Gasteiger partial charge in [0.25, 0.3) is 0 Å². The van der Waals surface area contributed by atoms with Crippen LogP contribution in [0.3, 0.4) is 0 Å². The number of nitrogens with one attached hydrogen (secondary N) is 2. The largest absolute Gasteiger partial charge is 0.447 e. The molecule has 26 heavy (non-hydrogen) atoms. The SMILES string of the molecule is C[Si](C)(C)c1cnc(C=Cc2cnc(NC(=O)CN3CCNCC3)s2)o1. The molecule has 2 aromatic heterocycles. The molecule has 1 saturated heterocycles. The first-order valence-electron chi connectivity index (χ1n) is 8.73. The number of carbonyl (C=O) groups is 1. The van der Waals surface area contributed by atoms with E-state index in [1.807, 2.05) is 18.3 Å². The Morgan fingerprint density at radius 1 is 1.31 bits per heavy atom. The summed E-state index contributed by atoms with van der Waals surface area (Å²) in [6.45, 7) is 10.7. The summed E-state index contributed by atoms with van der Waals surface area (Å²) in [4.78, 5) is 23.8. The van der Waals surface area contributed by atoms with Crippen molar-refractivity contribution in [3.05, 3.63) is 23.2 Å². The minimum absolute atomic E-state index is 0.0238. The molecule has 2 aromatic rings. The maximum Gasteiger partial charge on any atom is 0.240 e. The van der Waals surface area contributed by atoms with Gasteiger partial charge >= 0.3 is 0 Å². The molecule has 0 radical (unpaired) electrons. The summed E-state index contributed by atoms with van der Waals surface area (Å²) >= 11 is 1.43. The van der Waals surface area contributed by atoms with E-state index in [4.69, 9.17) is 4.42 Å². The van der Waals surface area contributed by atoms with Gasteiger partial charge < -0.3 is 15.1 Å². The highest BCUT2D eigenvalue weighted by Gasteiger charge is 2.21. The maximum atomic E-state index is 12.1. The Morgan fingerprint density at radius 2 is 2.08 bits per heavy atom. The van der Waals surface area contributed by atoms with Gasteiger partial charge in [-0.05, 0) is 6.08 Å². The molecule has 2 N–H and O–H groups in total. The fourth-order valence-corrected chi connectivity index (χ4v) is 4.12. The van der Waals surface area contributed by atoms with E-state index >= 15 is 0 Å². The van der Waals surface area contributed by atoms with Crippen LogP contribution in [0.1, 0.15) is 10.8 Å². The van der Waals surface area contributed by atoms with Crippen LogP contribution in [0.5, 0.6) is 0 Å². The van der Waals surface area contributed by atoms with Crippen molar-refractivity contribution in [3.8, 4) is 0 Å². The standard InChI is InChI=1S/C17H25N5O2SSi/c1-26(2,3)16-11-19-15(24-16)5-4-13-10-20-17(25-13)21-14(23)12-22-8-6-18-7-9-22/h4-5,10-11,18H,6-9,12H2,1-3H3,(H,20,21,23). The third kappa shape index (κ3) is 5.34. The summed E-state index contributed by atoms with van der Waals surface area (Å²) in [6.07, 6.45) is 7.30. The number of nitrogens with zero attached hydrogens (tertiary/aromatic N) is 3. The van der Waals surface area contributed by atoms with Crippen LogP contribution in [-0.2, 0) is 4.79 Å². The quantitative estimate of drug-likeness (QED) is 0.729. The number of hydrogen-bond acceptors (Lipinski definition) is 7. The molecule has 140 valence electrons. The highest BCUT2D eigenvalue weighted by molar-refractivity contribution is 7.16. The highest BCUT2D eigenvalue weighted by atomic mass is 32.1. The van der Waals surface area contributed by atoms with E-state index < -0.39 is 8.07 Å². The van der Waals surface area contributed by atoms with Crippen molar-refractivity contribution in [2.24, 2.45) is 0 Å². The number of aromatic nitrogens is 2. The molecule has 1 fully saturated rings. The van der Waals surface area contributed by atoms with E-state index in [-0.39, 0.29) is 5.91 Å². The first-order chi connectivity index (χ1) is 12.4. The van der Waals surface area contributed by atoms with Crippen LogP contribution in [-0.4, -0.2) is 61.6 Å². The fraction of sp³-hybridized carbons (Fsp3) is 0.471. The lowest BCUT2D eigenvalue weighted by molar-refractivity contribution is -0.117. The Labute approximate surface area is 158 Å². The van der Waals surface area contributed by atoms with Gasteiger partial charge in [0.15, 0.2) is 5.13 Å². The summed E-state index contributed by atoms with van der Waals surface area (Å²) in [7, 11) is -1.48. The molecule has 3 rings (SSSR count). The number of anilines is 1. The third-order valence-corrected chi connectivity index (χ3v) is 6.59. The zero-order chi connectivity index (χ0) is 18.6. The lowest BCUT2D eigenvalue weighted by Crippen LogP contribution is -2.46.